The molecule has 1 fully saturated rings. The van der Waals surface area contributed by atoms with Crippen LogP contribution in [0, 0.1) is 17.8 Å². The molecule has 2 aromatic rings. The summed E-state index contributed by atoms with van der Waals surface area (Å²) >= 11 is 0. The van der Waals surface area contributed by atoms with Gasteiger partial charge in [-0.2, -0.15) is 0 Å². The fraction of sp³-hybridized carbons (Fsp3) is 0.464. The Hall–Kier alpha value is -3.35. The molecular formula is C28H34N2O5. The molecule has 0 saturated heterocycles. The average molecular weight is 479 g/mol. The van der Waals surface area contributed by atoms with E-state index in [1.807, 2.05) is 38.1 Å². The molecule has 186 valence electrons. The first-order valence-corrected chi connectivity index (χ1v) is 12.5. The fourth-order valence-electron chi connectivity index (χ4n) is 5.43. The summed E-state index contributed by atoms with van der Waals surface area (Å²) in [5, 5.41) is 15.1. The van der Waals surface area contributed by atoms with Crippen molar-refractivity contribution in [2.45, 2.75) is 51.5 Å². The van der Waals surface area contributed by atoms with E-state index in [0.29, 0.717) is 19.4 Å². The number of benzene rings is 2. The number of alkyl carbamates (subject to hydrolysis) is 1. The third-order valence-corrected chi connectivity index (χ3v) is 7.62. The molecule has 35 heavy (non-hydrogen) atoms. The highest BCUT2D eigenvalue weighted by Gasteiger charge is 2.36. The van der Waals surface area contributed by atoms with Crippen LogP contribution in [-0.2, 0) is 14.3 Å². The average Bonchev–Trinajstić information content (AvgIpc) is 3.47. The second kappa shape index (κ2) is 10.9. The van der Waals surface area contributed by atoms with Gasteiger partial charge in [0.15, 0.2) is 0 Å². The summed E-state index contributed by atoms with van der Waals surface area (Å²) < 4.78 is 5.61. The number of rotatable bonds is 9. The van der Waals surface area contributed by atoms with Gasteiger partial charge in [-0.15, -0.1) is 0 Å². The van der Waals surface area contributed by atoms with Crippen molar-refractivity contribution in [1.29, 1.82) is 0 Å². The SMILES string of the molecule is CCC(C)[C@H](NC(=O)C1CCCC1CNC(=O)OCC1c2ccccc2-c2ccccc21)C(=O)O. The quantitative estimate of drug-likeness (QED) is 0.490. The zero-order valence-electron chi connectivity index (χ0n) is 20.3. The van der Waals surface area contributed by atoms with E-state index in [2.05, 4.69) is 34.9 Å². The molecule has 4 rings (SSSR count). The summed E-state index contributed by atoms with van der Waals surface area (Å²) in [7, 11) is 0. The van der Waals surface area contributed by atoms with Gasteiger partial charge in [0.1, 0.15) is 12.6 Å². The van der Waals surface area contributed by atoms with E-state index in [4.69, 9.17) is 4.74 Å². The number of ether oxygens (including phenoxy) is 1. The highest BCUT2D eigenvalue weighted by atomic mass is 16.5. The predicted molar refractivity (Wildman–Crippen MR) is 133 cm³/mol. The Morgan fingerprint density at radius 3 is 2.26 bits per heavy atom. The lowest BCUT2D eigenvalue weighted by Gasteiger charge is -2.25. The van der Waals surface area contributed by atoms with E-state index in [1.54, 1.807) is 0 Å². The number of aliphatic carboxylic acids is 1. The van der Waals surface area contributed by atoms with Gasteiger partial charge in [0.05, 0.1) is 0 Å². The summed E-state index contributed by atoms with van der Waals surface area (Å²) in [6.07, 6.45) is 2.53. The molecule has 0 heterocycles. The van der Waals surface area contributed by atoms with Crippen LogP contribution in [0.4, 0.5) is 4.79 Å². The first-order chi connectivity index (χ1) is 16.9. The molecule has 2 aliphatic carbocycles. The molecule has 3 unspecified atom stereocenters. The highest BCUT2D eigenvalue weighted by molar-refractivity contribution is 5.85. The standard InChI is InChI=1S/C28H34N2O5/c1-3-17(2)25(27(32)33)30-26(31)19-14-8-9-18(19)15-29-28(34)35-16-24-22-12-6-4-10-20(22)21-11-5-7-13-23(21)24/h4-7,10-13,17-19,24-25H,3,8-9,14-16H2,1-2H3,(H,29,34)(H,30,31)(H,32,33)/t17?,18?,19?,25-/m0/s1. The van der Waals surface area contributed by atoms with E-state index < -0.39 is 18.1 Å². The van der Waals surface area contributed by atoms with Crippen molar-refractivity contribution in [3.63, 3.8) is 0 Å². The first kappa shape index (κ1) is 24.8. The molecule has 2 aliphatic rings. The van der Waals surface area contributed by atoms with E-state index >= 15 is 0 Å². The van der Waals surface area contributed by atoms with Crippen LogP contribution in [0.15, 0.2) is 48.5 Å². The van der Waals surface area contributed by atoms with Crippen LogP contribution in [0.2, 0.25) is 0 Å². The third kappa shape index (κ3) is 5.34. The second-order valence-corrected chi connectivity index (χ2v) is 9.71. The molecule has 0 spiro atoms. The minimum atomic E-state index is -1.01. The molecular weight excluding hydrogens is 444 g/mol. The van der Waals surface area contributed by atoms with Crippen molar-refractivity contribution >= 4 is 18.0 Å². The Kier molecular flexibility index (Phi) is 7.73. The lowest BCUT2D eigenvalue weighted by molar-refractivity contribution is -0.144. The largest absolute Gasteiger partial charge is 0.480 e. The van der Waals surface area contributed by atoms with Gasteiger partial charge in [-0.05, 0) is 46.9 Å². The van der Waals surface area contributed by atoms with Gasteiger partial charge in [-0.25, -0.2) is 9.59 Å². The molecule has 3 N–H and O–H groups in total. The van der Waals surface area contributed by atoms with Crippen LogP contribution in [0.1, 0.15) is 56.6 Å². The number of fused-ring (bicyclic) bond motifs is 3. The molecule has 0 aliphatic heterocycles. The summed E-state index contributed by atoms with van der Waals surface area (Å²) in [6, 6.07) is 15.5. The van der Waals surface area contributed by atoms with Crippen LogP contribution in [-0.4, -0.2) is 42.3 Å². The Balaban J connectivity index is 1.31. The maximum atomic E-state index is 12.9. The van der Waals surface area contributed by atoms with Crippen molar-refractivity contribution in [3.8, 4) is 11.1 Å². The van der Waals surface area contributed by atoms with Crippen molar-refractivity contribution in [2.75, 3.05) is 13.2 Å². The Labute approximate surface area is 206 Å². The molecule has 2 aromatic carbocycles. The van der Waals surface area contributed by atoms with Crippen molar-refractivity contribution in [3.05, 3.63) is 59.7 Å². The molecule has 1 saturated carbocycles. The van der Waals surface area contributed by atoms with Crippen LogP contribution in [0.25, 0.3) is 11.1 Å². The Bertz CT molecular complexity index is 1040. The molecule has 4 atom stereocenters. The van der Waals surface area contributed by atoms with Crippen LogP contribution >= 0.6 is 0 Å². The summed E-state index contributed by atoms with van der Waals surface area (Å²) in [5.74, 6) is -1.77. The van der Waals surface area contributed by atoms with Crippen LogP contribution < -0.4 is 10.6 Å². The lowest BCUT2D eigenvalue weighted by Crippen LogP contribution is -2.48. The third-order valence-electron chi connectivity index (χ3n) is 7.62. The summed E-state index contributed by atoms with van der Waals surface area (Å²) in [6.45, 7) is 4.30. The minimum Gasteiger partial charge on any atom is -0.480 e. The number of nitrogens with one attached hydrogen (secondary N) is 2. The minimum absolute atomic E-state index is 0.00772. The van der Waals surface area contributed by atoms with Crippen LogP contribution in [0.3, 0.4) is 0 Å². The number of carbonyl (C=O) groups excluding carboxylic acids is 2. The van der Waals surface area contributed by atoms with Gasteiger partial charge in [-0.3, -0.25) is 4.79 Å². The van der Waals surface area contributed by atoms with Crippen molar-refractivity contribution in [2.24, 2.45) is 17.8 Å². The Morgan fingerprint density at radius 2 is 1.66 bits per heavy atom. The van der Waals surface area contributed by atoms with Crippen LogP contribution in [0.5, 0.6) is 0 Å². The second-order valence-electron chi connectivity index (χ2n) is 9.71. The fourth-order valence-corrected chi connectivity index (χ4v) is 5.43. The summed E-state index contributed by atoms with van der Waals surface area (Å²) in [5.41, 5.74) is 4.66. The lowest BCUT2D eigenvalue weighted by atomic mass is 9.93. The summed E-state index contributed by atoms with van der Waals surface area (Å²) in [4.78, 5) is 37.0. The molecule has 0 radical (unpaired) electrons. The monoisotopic (exact) mass is 478 g/mol. The van der Waals surface area contributed by atoms with Gasteiger partial charge in [0.2, 0.25) is 5.91 Å². The molecule has 0 aromatic heterocycles. The first-order valence-electron chi connectivity index (χ1n) is 12.5. The molecule has 7 nitrogen and oxygen atoms in total. The maximum Gasteiger partial charge on any atom is 0.407 e. The van der Waals surface area contributed by atoms with Gasteiger partial charge in [0, 0.05) is 18.4 Å². The molecule has 2 amide bonds. The Morgan fingerprint density at radius 1 is 1.03 bits per heavy atom. The van der Waals surface area contributed by atoms with Gasteiger partial charge in [-0.1, -0.05) is 75.2 Å². The molecule has 7 heteroatoms. The van der Waals surface area contributed by atoms with Crippen molar-refractivity contribution in [1.82, 2.24) is 10.6 Å². The number of hydrogen-bond acceptors (Lipinski definition) is 4. The van der Waals surface area contributed by atoms with E-state index in [-0.39, 0.29) is 36.2 Å². The van der Waals surface area contributed by atoms with Gasteiger partial charge >= 0.3 is 12.1 Å². The zero-order chi connectivity index (χ0) is 24.9. The zero-order valence-corrected chi connectivity index (χ0v) is 20.3. The van der Waals surface area contributed by atoms with E-state index in [0.717, 1.165) is 24.0 Å². The van der Waals surface area contributed by atoms with Gasteiger partial charge in [0.25, 0.3) is 0 Å². The number of amides is 2. The van der Waals surface area contributed by atoms with E-state index in [1.165, 1.54) is 11.1 Å². The number of carbonyl (C=O) groups is 3. The molecule has 0 bridgehead atoms. The topological polar surface area (TPSA) is 105 Å². The number of carboxylic acids is 1. The van der Waals surface area contributed by atoms with Crippen molar-refractivity contribution < 1.29 is 24.2 Å². The predicted octanol–water partition coefficient (Wildman–Crippen LogP) is 4.56. The van der Waals surface area contributed by atoms with Gasteiger partial charge < -0.3 is 20.5 Å². The van der Waals surface area contributed by atoms with E-state index in [9.17, 15) is 19.5 Å². The number of hydrogen-bond donors (Lipinski definition) is 3. The highest BCUT2D eigenvalue weighted by Crippen LogP contribution is 2.44. The maximum absolute atomic E-state index is 12.9. The number of carboxylic acid groups (broad SMARTS) is 1. The normalized spacial score (nSPS) is 20.4. The smallest absolute Gasteiger partial charge is 0.407 e.